The molecule has 3 rings (SSSR count). The van der Waals surface area contributed by atoms with Crippen molar-refractivity contribution in [3.8, 4) is 23.1 Å². The lowest BCUT2D eigenvalue weighted by molar-refractivity contribution is 0.168. The zero-order valence-corrected chi connectivity index (χ0v) is 15.9. The predicted molar refractivity (Wildman–Crippen MR) is 110 cm³/mol. The van der Waals surface area contributed by atoms with E-state index in [0.29, 0.717) is 17.9 Å². The summed E-state index contributed by atoms with van der Waals surface area (Å²) < 4.78 is 12.3. The number of anilines is 1. The third-order valence-electron chi connectivity index (χ3n) is 4.26. The van der Waals surface area contributed by atoms with Crippen LogP contribution in [0.4, 0.5) is 10.5 Å². The molecule has 0 aliphatic heterocycles. The highest BCUT2D eigenvalue weighted by atomic mass is 16.5. The molecule has 1 amide bonds. The number of ether oxygens (including phenoxy) is 2. The molecule has 0 aliphatic carbocycles. The summed E-state index contributed by atoms with van der Waals surface area (Å²) in [6, 6.07) is 15.2. The van der Waals surface area contributed by atoms with Gasteiger partial charge in [-0.25, -0.2) is 4.79 Å². The van der Waals surface area contributed by atoms with Crippen LogP contribution in [0.5, 0.6) is 5.75 Å². The van der Waals surface area contributed by atoms with Gasteiger partial charge in [-0.15, -0.1) is 0 Å². The van der Waals surface area contributed by atoms with Gasteiger partial charge in [0.05, 0.1) is 30.0 Å². The highest BCUT2D eigenvalue weighted by molar-refractivity contribution is 5.99. The van der Waals surface area contributed by atoms with E-state index in [2.05, 4.69) is 18.0 Å². The van der Waals surface area contributed by atoms with E-state index < -0.39 is 6.09 Å². The number of rotatable bonds is 6. The smallest absolute Gasteiger partial charge is 0.411 e. The molecule has 0 bridgehead atoms. The molecule has 1 heterocycles. The number of nitriles is 1. The number of fused-ring (bicyclic) bond motifs is 1. The SMILES string of the molecule is C=Cn1c(-c2ccc(OCC)cc2)c(C#N)c2ccc(NC(=O)OCC)cc21. The third-order valence-corrected chi connectivity index (χ3v) is 4.26. The first-order valence-corrected chi connectivity index (χ1v) is 9.00. The van der Waals surface area contributed by atoms with Crippen molar-refractivity contribution in [2.75, 3.05) is 18.5 Å². The first-order valence-electron chi connectivity index (χ1n) is 9.00. The number of benzene rings is 2. The van der Waals surface area contributed by atoms with E-state index in [1.165, 1.54) is 0 Å². The number of carbonyl (C=O) groups is 1. The summed E-state index contributed by atoms with van der Waals surface area (Å²) in [5, 5.41) is 13.3. The Bertz CT molecular complexity index is 1060. The van der Waals surface area contributed by atoms with Crippen LogP contribution in [0.2, 0.25) is 0 Å². The van der Waals surface area contributed by atoms with Gasteiger partial charge < -0.3 is 14.0 Å². The Morgan fingerprint density at radius 3 is 2.57 bits per heavy atom. The van der Waals surface area contributed by atoms with Crippen LogP contribution in [0.15, 0.2) is 49.0 Å². The standard InChI is InChI=1S/C22H21N3O3/c1-4-25-20-13-16(24-22(26)28-6-3)9-12-18(20)19(14-23)21(25)15-7-10-17(11-8-15)27-5-2/h4,7-13H,1,5-6H2,2-3H3,(H,24,26). The number of carbonyl (C=O) groups excluding carboxylic acids is 1. The van der Waals surface area contributed by atoms with Crippen molar-refractivity contribution >= 4 is 28.9 Å². The van der Waals surface area contributed by atoms with Crippen molar-refractivity contribution in [3.05, 3.63) is 54.6 Å². The second-order valence-electron chi connectivity index (χ2n) is 5.92. The normalized spacial score (nSPS) is 10.3. The van der Waals surface area contributed by atoms with Gasteiger partial charge in [0, 0.05) is 22.8 Å². The lowest BCUT2D eigenvalue weighted by atomic mass is 10.1. The summed E-state index contributed by atoms with van der Waals surface area (Å²) in [4.78, 5) is 11.7. The first kappa shape index (κ1) is 19.1. The molecule has 28 heavy (non-hydrogen) atoms. The summed E-state index contributed by atoms with van der Waals surface area (Å²) in [6.07, 6.45) is 1.13. The van der Waals surface area contributed by atoms with Gasteiger partial charge in [0.15, 0.2) is 0 Å². The highest BCUT2D eigenvalue weighted by Crippen LogP contribution is 2.35. The molecule has 1 aromatic heterocycles. The second kappa shape index (κ2) is 8.31. The van der Waals surface area contributed by atoms with E-state index in [-0.39, 0.29) is 6.61 Å². The fourth-order valence-corrected chi connectivity index (χ4v) is 3.14. The molecule has 6 nitrogen and oxygen atoms in total. The number of amides is 1. The summed E-state index contributed by atoms with van der Waals surface area (Å²) >= 11 is 0. The maximum absolute atomic E-state index is 11.7. The summed E-state index contributed by atoms with van der Waals surface area (Å²) in [7, 11) is 0. The largest absolute Gasteiger partial charge is 0.494 e. The molecule has 6 heteroatoms. The topological polar surface area (TPSA) is 76.3 Å². The van der Waals surface area contributed by atoms with Gasteiger partial charge in [-0.05, 0) is 56.3 Å². The quantitative estimate of drug-likeness (QED) is 0.638. The molecule has 1 N–H and O–H groups in total. The molecule has 0 aliphatic rings. The van der Waals surface area contributed by atoms with Gasteiger partial charge in [-0.1, -0.05) is 6.58 Å². The molecule has 142 valence electrons. The van der Waals surface area contributed by atoms with Crippen molar-refractivity contribution < 1.29 is 14.3 Å². The van der Waals surface area contributed by atoms with Gasteiger partial charge in [0.1, 0.15) is 11.8 Å². The van der Waals surface area contributed by atoms with Crippen LogP contribution in [0.1, 0.15) is 19.4 Å². The number of nitrogens with zero attached hydrogens (tertiary/aromatic N) is 2. The Hall–Kier alpha value is -3.72. The molecule has 3 aromatic rings. The minimum absolute atomic E-state index is 0.289. The van der Waals surface area contributed by atoms with Crippen molar-refractivity contribution in [1.82, 2.24) is 4.57 Å². The fraction of sp³-hybridized carbons (Fsp3) is 0.182. The fourth-order valence-electron chi connectivity index (χ4n) is 3.14. The predicted octanol–water partition coefficient (Wildman–Crippen LogP) is 5.25. The number of hydrogen-bond donors (Lipinski definition) is 1. The molecule has 0 spiro atoms. The second-order valence-corrected chi connectivity index (χ2v) is 5.92. The molecule has 0 fully saturated rings. The minimum atomic E-state index is -0.522. The van der Waals surface area contributed by atoms with E-state index in [0.717, 1.165) is 27.9 Å². The van der Waals surface area contributed by atoms with Gasteiger partial charge in [0.2, 0.25) is 0 Å². The average molecular weight is 375 g/mol. The van der Waals surface area contributed by atoms with Crippen molar-refractivity contribution in [2.24, 2.45) is 0 Å². The Morgan fingerprint density at radius 1 is 1.21 bits per heavy atom. The molecule has 0 saturated heterocycles. The van der Waals surface area contributed by atoms with Crippen molar-refractivity contribution in [1.29, 1.82) is 5.26 Å². The number of nitrogens with one attached hydrogen (secondary N) is 1. The third kappa shape index (κ3) is 3.55. The lowest BCUT2D eigenvalue weighted by Gasteiger charge is -2.09. The Labute approximate surface area is 163 Å². The molecule has 2 aromatic carbocycles. The van der Waals surface area contributed by atoms with Gasteiger partial charge in [-0.2, -0.15) is 5.26 Å². The maximum Gasteiger partial charge on any atom is 0.411 e. The van der Waals surface area contributed by atoms with Crippen LogP contribution in [0.25, 0.3) is 28.4 Å². The van der Waals surface area contributed by atoms with Crippen LogP contribution >= 0.6 is 0 Å². The highest BCUT2D eigenvalue weighted by Gasteiger charge is 2.18. The molecule has 0 atom stereocenters. The van der Waals surface area contributed by atoms with Gasteiger partial charge in [-0.3, -0.25) is 5.32 Å². The van der Waals surface area contributed by atoms with E-state index in [4.69, 9.17) is 9.47 Å². The lowest BCUT2D eigenvalue weighted by Crippen LogP contribution is -2.13. The maximum atomic E-state index is 11.7. The molecule has 0 radical (unpaired) electrons. The Morgan fingerprint density at radius 2 is 1.96 bits per heavy atom. The Kier molecular flexibility index (Phi) is 5.66. The summed E-state index contributed by atoms with van der Waals surface area (Å²) in [5.74, 6) is 0.770. The summed E-state index contributed by atoms with van der Waals surface area (Å²) in [5.41, 5.74) is 3.50. The van der Waals surface area contributed by atoms with E-state index >= 15 is 0 Å². The molecule has 0 saturated carbocycles. The van der Waals surface area contributed by atoms with Crippen LogP contribution in [0.3, 0.4) is 0 Å². The van der Waals surface area contributed by atoms with Crippen LogP contribution < -0.4 is 10.1 Å². The molecular formula is C22H21N3O3. The van der Waals surface area contributed by atoms with E-state index in [1.807, 2.05) is 41.8 Å². The summed E-state index contributed by atoms with van der Waals surface area (Å²) in [6.45, 7) is 8.45. The molecular weight excluding hydrogens is 354 g/mol. The minimum Gasteiger partial charge on any atom is -0.494 e. The number of aromatic nitrogens is 1. The Balaban J connectivity index is 2.13. The van der Waals surface area contributed by atoms with Crippen LogP contribution in [-0.2, 0) is 4.74 Å². The van der Waals surface area contributed by atoms with E-state index in [1.54, 1.807) is 25.3 Å². The zero-order chi connectivity index (χ0) is 20.1. The van der Waals surface area contributed by atoms with E-state index in [9.17, 15) is 10.1 Å². The first-order chi connectivity index (χ1) is 13.6. The molecule has 0 unspecified atom stereocenters. The average Bonchev–Trinajstić information content (AvgIpc) is 3.01. The van der Waals surface area contributed by atoms with Gasteiger partial charge in [0.25, 0.3) is 0 Å². The monoisotopic (exact) mass is 375 g/mol. The van der Waals surface area contributed by atoms with Crippen molar-refractivity contribution in [3.63, 3.8) is 0 Å². The number of hydrogen-bond acceptors (Lipinski definition) is 4. The van der Waals surface area contributed by atoms with Gasteiger partial charge >= 0.3 is 6.09 Å². The van der Waals surface area contributed by atoms with Crippen LogP contribution in [-0.4, -0.2) is 23.9 Å². The van der Waals surface area contributed by atoms with Crippen molar-refractivity contribution in [2.45, 2.75) is 13.8 Å². The van der Waals surface area contributed by atoms with Crippen LogP contribution in [0, 0.1) is 11.3 Å². The zero-order valence-electron chi connectivity index (χ0n) is 15.9.